The minimum absolute atomic E-state index is 0.115. The third-order valence-corrected chi connectivity index (χ3v) is 7.61. The summed E-state index contributed by atoms with van der Waals surface area (Å²) in [6, 6.07) is 13.6. The van der Waals surface area contributed by atoms with E-state index in [4.69, 9.17) is 9.72 Å². The van der Waals surface area contributed by atoms with E-state index in [9.17, 15) is 0 Å². The van der Waals surface area contributed by atoms with Gasteiger partial charge in [0.2, 0.25) is 5.95 Å². The van der Waals surface area contributed by atoms with Gasteiger partial charge in [0.15, 0.2) is 0 Å². The summed E-state index contributed by atoms with van der Waals surface area (Å²) in [5.41, 5.74) is 5.60. The molecule has 0 amide bonds. The predicted octanol–water partition coefficient (Wildman–Crippen LogP) is 4.46. The highest BCUT2D eigenvalue weighted by atomic mass is 19.1. The Morgan fingerprint density at radius 2 is 2.05 bits per heavy atom. The molecular formula is C30H36FN7O. The molecule has 2 aliphatic rings. The highest BCUT2D eigenvalue weighted by Gasteiger charge is 2.26. The number of nitrogens with zero attached hydrogens (tertiary/aromatic N) is 4. The number of aromatic nitrogens is 3. The predicted molar refractivity (Wildman–Crippen MR) is 152 cm³/mol. The van der Waals surface area contributed by atoms with Crippen LogP contribution in [-0.4, -0.2) is 64.3 Å². The van der Waals surface area contributed by atoms with E-state index in [2.05, 4.69) is 64.8 Å². The van der Waals surface area contributed by atoms with Gasteiger partial charge in [-0.3, -0.25) is 4.90 Å². The Kier molecular flexibility index (Phi) is 7.07. The first-order valence-electron chi connectivity index (χ1n) is 13.6. The largest absolute Gasteiger partial charge is 0.371 e. The Hall–Kier alpha value is -3.37. The number of rotatable bonds is 6. The maximum atomic E-state index is 15.1. The number of piperazine rings is 1. The van der Waals surface area contributed by atoms with E-state index >= 15 is 4.39 Å². The first kappa shape index (κ1) is 25.9. The number of hydrogen-bond acceptors (Lipinski definition) is 7. The molecule has 1 atom stereocenters. The van der Waals surface area contributed by atoms with Gasteiger partial charge in [0.05, 0.1) is 12.7 Å². The number of hydrogen-bond donors (Lipinski definition) is 3. The monoisotopic (exact) mass is 529 g/mol. The Bertz CT molecular complexity index is 1480. The number of aryl methyl sites for hydroxylation is 1. The van der Waals surface area contributed by atoms with Crippen LogP contribution in [0.15, 0.2) is 54.9 Å². The van der Waals surface area contributed by atoms with Crippen LogP contribution in [0.5, 0.6) is 0 Å². The van der Waals surface area contributed by atoms with Gasteiger partial charge in [0.25, 0.3) is 0 Å². The number of anilines is 2. The highest BCUT2D eigenvalue weighted by molar-refractivity contribution is 5.79. The summed E-state index contributed by atoms with van der Waals surface area (Å²) in [7, 11) is 0. The Balaban J connectivity index is 1.23. The molecule has 1 unspecified atom stereocenters. The van der Waals surface area contributed by atoms with E-state index in [-0.39, 0.29) is 17.5 Å². The molecule has 6 rings (SSSR count). The van der Waals surface area contributed by atoms with Crippen molar-refractivity contribution in [2.75, 3.05) is 44.6 Å². The molecule has 2 aliphatic heterocycles. The van der Waals surface area contributed by atoms with Crippen LogP contribution >= 0.6 is 0 Å². The van der Waals surface area contributed by atoms with E-state index in [1.54, 1.807) is 12.3 Å². The normalized spacial score (nSPS) is 19.8. The van der Waals surface area contributed by atoms with Gasteiger partial charge in [-0.2, -0.15) is 4.98 Å². The van der Waals surface area contributed by atoms with Crippen molar-refractivity contribution in [2.24, 2.45) is 0 Å². The SMILES string of the molecule is Cc1ccc(Nc2ncc3ccn(-c4ccc(C5CNCCO5)c(F)c4)c3n2)cc1CN1CCNC(C)(C)C1. The lowest BCUT2D eigenvalue weighted by Crippen LogP contribution is -2.56. The van der Waals surface area contributed by atoms with Crippen molar-refractivity contribution in [1.82, 2.24) is 30.1 Å². The van der Waals surface area contributed by atoms with E-state index < -0.39 is 0 Å². The van der Waals surface area contributed by atoms with Crippen LogP contribution in [0.1, 0.15) is 36.6 Å². The van der Waals surface area contributed by atoms with Gasteiger partial charge >= 0.3 is 0 Å². The Morgan fingerprint density at radius 3 is 2.85 bits per heavy atom. The topological polar surface area (TPSA) is 79.3 Å². The third kappa shape index (κ3) is 5.67. The van der Waals surface area contributed by atoms with Crippen molar-refractivity contribution in [3.8, 4) is 5.69 Å². The van der Waals surface area contributed by atoms with Crippen molar-refractivity contribution >= 4 is 22.7 Å². The van der Waals surface area contributed by atoms with Gasteiger partial charge in [-0.1, -0.05) is 12.1 Å². The molecule has 4 heterocycles. The molecule has 3 N–H and O–H groups in total. The molecule has 39 heavy (non-hydrogen) atoms. The second-order valence-corrected chi connectivity index (χ2v) is 11.2. The number of ether oxygens (including phenoxy) is 1. The van der Waals surface area contributed by atoms with Crippen LogP contribution < -0.4 is 16.0 Å². The molecule has 2 saturated heterocycles. The zero-order valence-electron chi connectivity index (χ0n) is 22.8. The summed E-state index contributed by atoms with van der Waals surface area (Å²) in [5.74, 6) is 0.217. The summed E-state index contributed by atoms with van der Waals surface area (Å²) in [6.45, 7) is 12.6. The number of benzene rings is 2. The van der Waals surface area contributed by atoms with Gasteiger partial charge in [-0.15, -0.1) is 0 Å². The van der Waals surface area contributed by atoms with Crippen molar-refractivity contribution in [3.05, 3.63) is 77.4 Å². The lowest BCUT2D eigenvalue weighted by atomic mass is 10.0. The van der Waals surface area contributed by atoms with Crippen molar-refractivity contribution in [3.63, 3.8) is 0 Å². The summed E-state index contributed by atoms with van der Waals surface area (Å²) in [6.07, 6.45) is 3.42. The minimum atomic E-state index is -0.282. The Morgan fingerprint density at radius 1 is 1.15 bits per heavy atom. The average molecular weight is 530 g/mol. The maximum absolute atomic E-state index is 15.1. The molecule has 0 spiro atoms. The summed E-state index contributed by atoms with van der Waals surface area (Å²) < 4.78 is 22.7. The molecule has 0 saturated carbocycles. The molecule has 8 nitrogen and oxygen atoms in total. The van der Waals surface area contributed by atoms with Crippen molar-refractivity contribution in [1.29, 1.82) is 0 Å². The quantitative estimate of drug-likeness (QED) is 0.341. The van der Waals surface area contributed by atoms with Crippen molar-refractivity contribution in [2.45, 2.75) is 39.0 Å². The molecule has 2 fully saturated rings. The fourth-order valence-corrected chi connectivity index (χ4v) is 5.55. The van der Waals surface area contributed by atoms with Crippen molar-refractivity contribution < 1.29 is 9.13 Å². The summed E-state index contributed by atoms with van der Waals surface area (Å²) in [4.78, 5) is 11.8. The number of halogens is 1. The molecule has 4 aromatic rings. The zero-order chi connectivity index (χ0) is 27.0. The van der Waals surface area contributed by atoms with Crippen LogP contribution in [0.25, 0.3) is 16.7 Å². The van der Waals surface area contributed by atoms with Crippen LogP contribution in [-0.2, 0) is 11.3 Å². The Labute approximate surface area is 228 Å². The molecule has 2 aromatic heterocycles. The van der Waals surface area contributed by atoms with Gasteiger partial charge in [0, 0.05) is 79.5 Å². The zero-order valence-corrected chi connectivity index (χ0v) is 22.8. The van der Waals surface area contributed by atoms with E-state index in [0.717, 1.165) is 43.8 Å². The number of nitrogens with one attached hydrogen (secondary N) is 3. The van der Waals surface area contributed by atoms with Gasteiger partial charge in [-0.05, 0) is 62.2 Å². The molecule has 2 aromatic carbocycles. The lowest BCUT2D eigenvalue weighted by Gasteiger charge is -2.39. The maximum Gasteiger partial charge on any atom is 0.229 e. The summed E-state index contributed by atoms with van der Waals surface area (Å²) in [5, 5.41) is 11.1. The van der Waals surface area contributed by atoms with E-state index in [1.807, 2.05) is 29.0 Å². The molecule has 0 aliphatic carbocycles. The lowest BCUT2D eigenvalue weighted by molar-refractivity contribution is 0.0255. The first-order valence-corrected chi connectivity index (χ1v) is 13.6. The van der Waals surface area contributed by atoms with Gasteiger partial charge in [0.1, 0.15) is 11.5 Å². The minimum Gasteiger partial charge on any atom is -0.371 e. The number of morpholine rings is 1. The second kappa shape index (κ2) is 10.7. The number of fused-ring (bicyclic) bond motifs is 1. The highest BCUT2D eigenvalue weighted by Crippen LogP contribution is 2.27. The fourth-order valence-electron chi connectivity index (χ4n) is 5.55. The third-order valence-electron chi connectivity index (χ3n) is 7.61. The molecule has 204 valence electrons. The molecular weight excluding hydrogens is 493 g/mol. The first-order chi connectivity index (χ1) is 18.8. The standard InChI is InChI=1S/C30H36FN7O/c1-20-4-5-23(14-22(20)18-37-12-9-34-30(2,3)19-37)35-29-33-16-21-8-11-38(28(21)36-29)24-6-7-25(26(31)15-24)27-17-32-10-13-39-27/h4-8,11,14-16,27,32,34H,9-10,12-13,17-19H2,1-3H3,(H,33,35,36). The van der Waals surface area contributed by atoms with E-state index in [0.29, 0.717) is 36.0 Å². The van der Waals surface area contributed by atoms with Crippen LogP contribution in [0.4, 0.5) is 16.0 Å². The van der Waals surface area contributed by atoms with Crippen LogP contribution in [0.3, 0.4) is 0 Å². The fraction of sp³-hybridized carbons (Fsp3) is 0.400. The van der Waals surface area contributed by atoms with Crippen LogP contribution in [0, 0.1) is 12.7 Å². The smallest absolute Gasteiger partial charge is 0.229 e. The molecule has 0 bridgehead atoms. The summed E-state index contributed by atoms with van der Waals surface area (Å²) >= 11 is 0. The molecule has 0 radical (unpaired) electrons. The second-order valence-electron chi connectivity index (χ2n) is 11.2. The molecule has 9 heteroatoms. The van der Waals surface area contributed by atoms with Crippen LogP contribution in [0.2, 0.25) is 0 Å². The van der Waals surface area contributed by atoms with Gasteiger partial charge in [-0.25, -0.2) is 9.37 Å². The van der Waals surface area contributed by atoms with Gasteiger partial charge < -0.3 is 25.3 Å². The average Bonchev–Trinajstić information content (AvgIpc) is 3.34. The van der Waals surface area contributed by atoms with E-state index in [1.165, 1.54) is 11.1 Å².